The Morgan fingerprint density at radius 2 is 2.12 bits per heavy atom. The largest absolute Gasteiger partial charge is 0.368 e. The zero-order chi connectivity index (χ0) is 12.3. The summed E-state index contributed by atoms with van der Waals surface area (Å²) >= 11 is 1.82. The molecule has 90 valence electrons. The van der Waals surface area contributed by atoms with E-state index >= 15 is 0 Å². The van der Waals surface area contributed by atoms with Gasteiger partial charge in [-0.25, -0.2) is 4.98 Å². The van der Waals surface area contributed by atoms with Crippen molar-refractivity contribution in [1.82, 2.24) is 9.97 Å². The summed E-state index contributed by atoms with van der Waals surface area (Å²) in [6, 6.07) is 7.87. The van der Waals surface area contributed by atoms with Crippen molar-refractivity contribution in [2.45, 2.75) is 12.2 Å². The molecule has 0 amide bonds. The molecule has 5 heteroatoms. The first-order valence-electron chi connectivity index (χ1n) is 5.49. The lowest BCUT2D eigenvalue weighted by Gasteiger charge is -2.12. The van der Waals surface area contributed by atoms with Gasteiger partial charge in [-0.15, -0.1) is 0 Å². The van der Waals surface area contributed by atoms with E-state index in [9.17, 15) is 0 Å². The number of nitrogens with one attached hydrogen (secondary N) is 1. The number of rotatable bonds is 4. The first-order valence-corrected chi connectivity index (χ1v) is 6.78. The van der Waals surface area contributed by atoms with Crippen molar-refractivity contribution in [3.8, 4) is 0 Å². The van der Waals surface area contributed by atoms with Crippen LogP contribution in [0.25, 0.3) is 10.9 Å². The lowest BCUT2D eigenvalue weighted by atomic mass is 10.2. The molecule has 2 rings (SSSR count). The Morgan fingerprint density at radius 1 is 1.35 bits per heavy atom. The second-order valence-electron chi connectivity index (χ2n) is 3.87. The van der Waals surface area contributed by atoms with Crippen molar-refractivity contribution in [2.24, 2.45) is 0 Å². The molecule has 0 saturated heterocycles. The third-order valence-corrected chi connectivity index (χ3v) is 3.55. The van der Waals surface area contributed by atoms with Crippen LogP contribution in [0.5, 0.6) is 0 Å². The molecule has 1 aromatic heterocycles. The standard InChI is InChI=1S/C12H16N4S/c1-8(17-2)7-14-11-9-5-3-4-6-10(9)15-12(13)16-11/h3-6,8H,7H2,1-2H3,(H3,13,14,15,16). The summed E-state index contributed by atoms with van der Waals surface area (Å²) in [7, 11) is 0. The van der Waals surface area contributed by atoms with E-state index in [1.165, 1.54) is 0 Å². The summed E-state index contributed by atoms with van der Waals surface area (Å²) in [6.07, 6.45) is 2.10. The third-order valence-electron chi connectivity index (χ3n) is 2.58. The molecule has 3 N–H and O–H groups in total. The maximum atomic E-state index is 5.70. The Hall–Kier alpha value is -1.49. The van der Waals surface area contributed by atoms with Crippen LogP contribution in [0.1, 0.15) is 6.92 Å². The lowest BCUT2D eigenvalue weighted by molar-refractivity contribution is 0.993. The van der Waals surface area contributed by atoms with Crippen LogP contribution >= 0.6 is 11.8 Å². The van der Waals surface area contributed by atoms with Gasteiger partial charge in [0, 0.05) is 17.2 Å². The fourth-order valence-electron chi connectivity index (χ4n) is 1.55. The summed E-state index contributed by atoms with van der Waals surface area (Å²) in [5, 5.41) is 4.87. The van der Waals surface area contributed by atoms with Gasteiger partial charge in [-0.05, 0) is 18.4 Å². The number of thioether (sulfide) groups is 1. The summed E-state index contributed by atoms with van der Waals surface area (Å²) < 4.78 is 0. The molecule has 0 saturated carbocycles. The molecule has 17 heavy (non-hydrogen) atoms. The molecule has 0 aliphatic heterocycles. The van der Waals surface area contributed by atoms with E-state index < -0.39 is 0 Å². The van der Waals surface area contributed by atoms with E-state index in [1.807, 2.05) is 36.0 Å². The van der Waals surface area contributed by atoms with Crippen LogP contribution in [-0.4, -0.2) is 28.0 Å². The Kier molecular flexibility index (Phi) is 3.68. The smallest absolute Gasteiger partial charge is 0.222 e. The van der Waals surface area contributed by atoms with Crippen molar-refractivity contribution >= 4 is 34.4 Å². The van der Waals surface area contributed by atoms with Gasteiger partial charge in [0.2, 0.25) is 5.95 Å². The minimum absolute atomic E-state index is 0.308. The minimum atomic E-state index is 0.308. The summed E-state index contributed by atoms with van der Waals surface area (Å²) in [5.41, 5.74) is 6.57. The van der Waals surface area contributed by atoms with Crippen molar-refractivity contribution in [1.29, 1.82) is 0 Å². The van der Waals surface area contributed by atoms with Crippen molar-refractivity contribution < 1.29 is 0 Å². The van der Waals surface area contributed by atoms with Gasteiger partial charge >= 0.3 is 0 Å². The molecule has 1 aromatic carbocycles. The van der Waals surface area contributed by atoms with E-state index in [2.05, 4.69) is 28.5 Å². The van der Waals surface area contributed by atoms with Crippen LogP contribution in [0.2, 0.25) is 0 Å². The average molecular weight is 248 g/mol. The highest BCUT2D eigenvalue weighted by molar-refractivity contribution is 7.99. The van der Waals surface area contributed by atoms with Crippen molar-refractivity contribution in [2.75, 3.05) is 23.9 Å². The number of benzene rings is 1. The number of hydrogen-bond donors (Lipinski definition) is 2. The summed E-state index contributed by atoms with van der Waals surface area (Å²) in [5.74, 6) is 1.12. The Labute approximate surface area is 105 Å². The summed E-state index contributed by atoms with van der Waals surface area (Å²) in [6.45, 7) is 3.03. The second-order valence-corrected chi connectivity index (χ2v) is 5.15. The summed E-state index contributed by atoms with van der Waals surface area (Å²) in [4.78, 5) is 8.46. The fraction of sp³-hybridized carbons (Fsp3) is 0.333. The Bertz CT molecular complexity index is 515. The molecular formula is C12H16N4S. The minimum Gasteiger partial charge on any atom is -0.368 e. The Morgan fingerprint density at radius 3 is 2.88 bits per heavy atom. The van der Waals surface area contributed by atoms with Crippen molar-refractivity contribution in [3.63, 3.8) is 0 Å². The van der Waals surface area contributed by atoms with Gasteiger partial charge in [-0.2, -0.15) is 16.7 Å². The number of anilines is 2. The zero-order valence-electron chi connectivity index (χ0n) is 9.97. The van der Waals surface area contributed by atoms with Crippen molar-refractivity contribution in [3.05, 3.63) is 24.3 Å². The highest BCUT2D eigenvalue weighted by atomic mass is 32.2. The molecule has 0 aliphatic carbocycles. The maximum Gasteiger partial charge on any atom is 0.222 e. The number of nitrogen functional groups attached to an aromatic ring is 1. The molecule has 1 heterocycles. The van der Waals surface area contributed by atoms with Gasteiger partial charge in [0.25, 0.3) is 0 Å². The van der Waals surface area contributed by atoms with E-state index in [0.29, 0.717) is 11.2 Å². The number of aromatic nitrogens is 2. The highest BCUT2D eigenvalue weighted by Gasteiger charge is 2.06. The second kappa shape index (κ2) is 5.23. The highest BCUT2D eigenvalue weighted by Crippen LogP contribution is 2.21. The molecule has 1 atom stereocenters. The van der Waals surface area contributed by atoms with Gasteiger partial charge in [-0.1, -0.05) is 19.1 Å². The van der Waals surface area contributed by atoms with Crippen LogP contribution < -0.4 is 11.1 Å². The number of nitrogens with two attached hydrogens (primary N) is 1. The molecule has 2 aromatic rings. The van der Waals surface area contributed by atoms with Crippen LogP contribution in [0.3, 0.4) is 0 Å². The van der Waals surface area contributed by atoms with Gasteiger partial charge in [0.05, 0.1) is 5.52 Å². The predicted molar refractivity (Wildman–Crippen MR) is 75.4 cm³/mol. The third kappa shape index (κ3) is 2.79. The molecule has 0 fully saturated rings. The SMILES string of the molecule is CSC(C)CNc1nc(N)nc2ccccc12. The topological polar surface area (TPSA) is 63.8 Å². The van der Waals surface area contributed by atoms with Gasteiger partial charge < -0.3 is 11.1 Å². The quantitative estimate of drug-likeness (QED) is 0.869. The van der Waals surface area contributed by atoms with Crippen LogP contribution in [0.15, 0.2) is 24.3 Å². The molecule has 0 aliphatic rings. The normalized spacial score (nSPS) is 12.6. The van der Waals surface area contributed by atoms with E-state index in [4.69, 9.17) is 5.73 Å². The molecule has 4 nitrogen and oxygen atoms in total. The van der Waals surface area contributed by atoms with Gasteiger partial charge in [0.15, 0.2) is 0 Å². The predicted octanol–water partition coefficient (Wildman–Crippen LogP) is 2.38. The monoisotopic (exact) mass is 248 g/mol. The molecule has 0 spiro atoms. The lowest BCUT2D eigenvalue weighted by Crippen LogP contribution is -2.14. The van der Waals surface area contributed by atoms with E-state index in [1.54, 1.807) is 0 Å². The van der Waals surface area contributed by atoms with Gasteiger partial charge in [0.1, 0.15) is 5.82 Å². The number of nitrogens with zero attached hydrogens (tertiary/aromatic N) is 2. The van der Waals surface area contributed by atoms with Crippen LogP contribution in [-0.2, 0) is 0 Å². The number of hydrogen-bond acceptors (Lipinski definition) is 5. The molecular weight excluding hydrogens is 232 g/mol. The fourth-order valence-corrected chi connectivity index (χ4v) is 1.80. The zero-order valence-corrected chi connectivity index (χ0v) is 10.8. The van der Waals surface area contributed by atoms with E-state index in [0.717, 1.165) is 23.3 Å². The number of para-hydroxylation sites is 1. The van der Waals surface area contributed by atoms with Gasteiger partial charge in [-0.3, -0.25) is 0 Å². The Balaban J connectivity index is 2.32. The maximum absolute atomic E-state index is 5.70. The first kappa shape index (κ1) is 12.0. The number of fused-ring (bicyclic) bond motifs is 1. The molecule has 0 radical (unpaired) electrons. The first-order chi connectivity index (χ1) is 8.20. The van der Waals surface area contributed by atoms with Crippen LogP contribution in [0, 0.1) is 0 Å². The molecule has 0 bridgehead atoms. The average Bonchev–Trinajstić information content (AvgIpc) is 2.35. The van der Waals surface area contributed by atoms with Crippen LogP contribution in [0.4, 0.5) is 11.8 Å². The van der Waals surface area contributed by atoms with E-state index in [-0.39, 0.29) is 0 Å². The molecule has 1 unspecified atom stereocenters.